The number of rotatable bonds is 46. The van der Waals surface area contributed by atoms with Crippen LogP contribution in [0.15, 0.2) is 42.5 Å². The lowest BCUT2D eigenvalue weighted by molar-refractivity contribution is -0.643. The highest BCUT2D eigenvalue weighted by atomic mass is 32.2. The van der Waals surface area contributed by atoms with Gasteiger partial charge in [-0.15, -0.1) is 0 Å². The second-order valence-corrected chi connectivity index (χ2v) is 23.5. The fraction of sp³-hybridized carbons (Fsp3) is 0.678. The lowest BCUT2D eigenvalue weighted by Crippen LogP contribution is -2.36. The van der Waals surface area contributed by atoms with E-state index in [1.54, 1.807) is 36.4 Å². The Morgan fingerprint density at radius 3 is 1.80 bits per heavy atom. The van der Waals surface area contributed by atoms with Crippen LogP contribution in [0.3, 0.4) is 0 Å². The van der Waals surface area contributed by atoms with Gasteiger partial charge in [0, 0.05) is 49.0 Å². The molecule has 85 heavy (non-hydrogen) atoms. The number of hydroxylamine groups is 1. The molecule has 0 bridgehead atoms. The van der Waals surface area contributed by atoms with Gasteiger partial charge in [0.15, 0.2) is 13.2 Å². The predicted octanol–water partition coefficient (Wildman–Crippen LogP) is 6.29. The number of nitrogens with one attached hydrogen (secondary N) is 6. The first-order chi connectivity index (χ1) is 40.8. The number of benzene rings is 2. The molecular formula is C59H92N6O19S. The van der Waals surface area contributed by atoms with Gasteiger partial charge in [-0.2, -0.15) is 17.2 Å². The minimum absolute atomic E-state index is 0.121. The Morgan fingerprint density at radius 1 is 0.541 bits per heavy atom. The average Bonchev–Trinajstić information content (AvgIpc) is 3.04. The molecule has 0 saturated carbocycles. The highest BCUT2D eigenvalue weighted by Gasteiger charge is 2.42. The molecule has 0 unspecified atom stereocenters. The number of urea groups is 1. The van der Waals surface area contributed by atoms with Crippen LogP contribution in [0.2, 0.25) is 0 Å². The second kappa shape index (κ2) is 41.3. The third kappa shape index (κ3) is 34.2. The molecule has 0 aliphatic carbocycles. The monoisotopic (exact) mass is 1220 g/mol. The van der Waals surface area contributed by atoms with Gasteiger partial charge in [0.2, 0.25) is 5.91 Å². The molecule has 4 rings (SSSR count). The third-order valence-corrected chi connectivity index (χ3v) is 14.0. The Balaban J connectivity index is 1.12. The molecule has 3 atom stereocenters. The molecule has 6 amide bonds. The molecule has 6 N–H and O–H groups in total. The zero-order valence-electron chi connectivity index (χ0n) is 50.4. The number of fused-ring (bicyclic) bond motifs is 1. The molecule has 2 heterocycles. The summed E-state index contributed by atoms with van der Waals surface area (Å²) < 4.78 is 44.0. The second-order valence-electron chi connectivity index (χ2n) is 22.2. The van der Waals surface area contributed by atoms with Crippen molar-refractivity contribution in [2.24, 2.45) is 0 Å². The number of unbranched alkanes of at least 4 members (excludes halogenated alkanes) is 8. The molecule has 2 aromatic rings. The summed E-state index contributed by atoms with van der Waals surface area (Å²) in [6.07, 6.45) is 11.2. The topological polar surface area (TPSA) is 302 Å². The maximum absolute atomic E-state index is 13.5. The molecule has 2 aromatic carbocycles. The molecule has 0 spiro atoms. The van der Waals surface area contributed by atoms with Gasteiger partial charge in [-0.05, 0) is 119 Å². The van der Waals surface area contributed by atoms with Crippen molar-refractivity contribution in [3.8, 4) is 22.6 Å². The normalized spacial score (nSPS) is 15.5. The number of carbonyl (C=O) groups is 7. The van der Waals surface area contributed by atoms with Crippen LogP contribution >= 0.6 is 11.8 Å². The highest BCUT2D eigenvalue weighted by molar-refractivity contribution is 8.00. The number of hydrogen-bond donors (Lipinski definition) is 6. The van der Waals surface area contributed by atoms with Crippen LogP contribution in [0.5, 0.6) is 11.5 Å². The Hall–Kier alpha value is -5.84. The minimum Gasteiger partial charge on any atom is -0.484 e. The summed E-state index contributed by atoms with van der Waals surface area (Å²) in [4.78, 5) is 95.9. The summed E-state index contributed by atoms with van der Waals surface area (Å²) in [5, 5.41) is 23.6. The van der Waals surface area contributed by atoms with E-state index in [2.05, 4.69) is 41.6 Å². The molecule has 2 fully saturated rings. The summed E-state index contributed by atoms with van der Waals surface area (Å²) in [7, 11) is 0. The maximum Gasteiger partial charge on any atom is 0.315 e. The van der Waals surface area contributed by atoms with Crippen molar-refractivity contribution >= 4 is 53.4 Å². The van der Waals surface area contributed by atoms with Crippen LogP contribution in [-0.2, 0) is 72.3 Å². The Bertz CT molecular complexity index is 2300. The van der Waals surface area contributed by atoms with E-state index >= 15 is 0 Å². The van der Waals surface area contributed by atoms with E-state index in [1.165, 1.54) is 6.07 Å². The number of thioether (sulfide) groups is 1. The molecule has 2 aliphatic heterocycles. The van der Waals surface area contributed by atoms with E-state index < -0.39 is 35.5 Å². The van der Waals surface area contributed by atoms with Gasteiger partial charge >= 0.3 is 18.0 Å². The fourth-order valence-corrected chi connectivity index (χ4v) is 10.1. The summed E-state index contributed by atoms with van der Waals surface area (Å²) >= 11 is 1.84. The zero-order valence-corrected chi connectivity index (χ0v) is 51.3. The van der Waals surface area contributed by atoms with Crippen LogP contribution in [0, 0.1) is 0 Å². The number of esters is 2. The maximum atomic E-state index is 13.5. The van der Waals surface area contributed by atoms with Crippen molar-refractivity contribution in [3.05, 3.63) is 48.0 Å². The van der Waals surface area contributed by atoms with Crippen LogP contribution in [-0.4, -0.2) is 168 Å². The Morgan fingerprint density at radius 2 is 1.12 bits per heavy atom. The highest BCUT2D eigenvalue weighted by Crippen LogP contribution is 2.33. The zero-order chi connectivity index (χ0) is 61.6. The molecule has 0 radical (unpaired) electrons. The van der Waals surface area contributed by atoms with Crippen molar-refractivity contribution in [1.82, 2.24) is 32.1 Å². The fourth-order valence-electron chi connectivity index (χ4n) is 8.53. The first kappa shape index (κ1) is 71.6. The number of amides is 6. The van der Waals surface area contributed by atoms with Crippen molar-refractivity contribution in [1.29, 1.82) is 0 Å². The van der Waals surface area contributed by atoms with E-state index in [1.807, 2.05) is 58.8 Å². The molecule has 25 nitrogen and oxygen atoms in total. The minimum atomic E-state index is -0.681. The summed E-state index contributed by atoms with van der Waals surface area (Å²) in [6, 6.07) is 11.7. The van der Waals surface area contributed by atoms with Gasteiger partial charge in [0.1, 0.15) is 22.7 Å². The summed E-state index contributed by atoms with van der Waals surface area (Å²) in [5.41, 5.74) is 2.52. The predicted molar refractivity (Wildman–Crippen MR) is 314 cm³/mol. The molecule has 2 aliphatic rings. The first-order valence-electron chi connectivity index (χ1n) is 29.5. The van der Waals surface area contributed by atoms with Gasteiger partial charge in [0.05, 0.1) is 78.0 Å². The van der Waals surface area contributed by atoms with E-state index in [0.29, 0.717) is 81.0 Å². The molecular weight excluding hydrogens is 1130 g/mol. The SMILES string of the molecule is CC(C)(C)OC(=O)CCCCCCCCCCOOOONC(=O)COc1ccc(-c2cc(OCC(=O)NCCOCCOCCOCCOCCC(=O)OC(C)(C)C)cc(C(=O)NCCNC(=O)CCCC[C@@H]3SC[C@@H]4NC(=O)N[C@@H]43)c2)cc1. The Kier molecular flexibility index (Phi) is 34.8. The Labute approximate surface area is 503 Å². The van der Waals surface area contributed by atoms with E-state index in [0.717, 1.165) is 70.0 Å². The van der Waals surface area contributed by atoms with Crippen LogP contribution in [0.1, 0.15) is 142 Å². The van der Waals surface area contributed by atoms with E-state index in [9.17, 15) is 33.6 Å². The summed E-state index contributed by atoms with van der Waals surface area (Å²) in [6.45, 7) is 13.6. The van der Waals surface area contributed by atoms with Gasteiger partial charge in [-0.1, -0.05) is 62.1 Å². The van der Waals surface area contributed by atoms with Crippen molar-refractivity contribution in [2.75, 3.05) is 98.1 Å². The van der Waals surface area contributed by atoms with Crippen molar-refractivity contribution in [2.45, 2.75) is 160 Å². The lowest BCUT2D eigenvalue weighted by Gasteiger charge is -2.19. The molecule has 26 heteroatoms. The number of ether oxygens (including phenoxy) is 8. The molecule has 2 saturated heterocycles. The van der Waals surface area contributed by atoms with Crippen LogP contribution in [0.4, 0.5) is 4.79 Å². The van der Waals surface area contributed by atoms with Gasteiger partial charge in [-0.3, -0.25) is 28.8 Å². The number of hydrogen-bond acceptors (Lipinski definition) is 20. The van der Waals surface area contributed by atoms with Gasteiger partial charge in [-0.25, -0.2) is 9.68 Å². The first-order valence-corrected chi connectivity index (χ1v) is 30.5. The standard InChI is InChI=1S/C59H92N6O19S/c1-58(2,3)80-53(69)19-13-11-9-7-8-10-12-16-28-79-83-84-82-65-52(68)41-77-46-22-20-43(21-23-46)44-37-45(56(71)62-26-25-60-50(66)18-15-14-17-49-55-48(42-85-49)63-57(72)64-55)39-47(38-44)78-40-51(67)61-27-30-74-32-34-76-36-35-75-33-31-73-29-24-54(70)81-59(4,5)6/h20-23,37-39,48-49,55H,7-19,24-36,40-42H2,1-6H3,(H,60,66)(H,61,67)(H,62,71)(H,65,68)(H2,63,64,72)/t48-,49-,55-/m0/s1. The quantitative estimate of drug-likeness (QED) is 0.0139. The van der Waals surface area contributed by atoms with Gasteiger partial charge in [0.25, 0.3) is 17.7 Å². The largest absolute Gasteiger partial charge is 0.484 e. The average molecular weight is 1220 g/mol. The molecule has 478 valence electrons. The van der Waals surface area contributed by atoms with Crippen molar-refractivity contribution < 1.29 is 91.4 Å². The van der Waals surface area contributed by atoms with Gasteiger partial charge < -0.3 is 64.5 Å². The lowest BCUT2D eigenvalue weighted by atomic mass is 10.0. The third-order valence-electron chi connectivity index (χ3n) is 12.5. The smallest absolute Gasteiger partial charge is 0.315 e. The van der Waals surface area contributed by atoms with Crippen LogP contribution < -0.4 is 41.5 Å². The number of carbonyl (C=O) groups excluding carboxylic acids is 7. The summed E-state index contributed by atoms with van der Waals surface area (Å²) in [5.74, 6) is -0.640. The van der Waals surface area contributed by atoms with Crippen molar-refractivity contribution in [3.63, 3.8) is 0 Å². The van der Waals surface area contributed by atoms with Crippen LogP contribution in [0.25, 0.3) is 11.1 Å². The van der Waals surface area contributed by atoms with E-state index in [4.69, 9.17) is 42.8 Å². The van der Waals surface area contributed by atoms with E-state index in [-0.39, 0.29) is 99.8 Å². The molecule has 0 aromatic heterocycles.